The van der Waals surface area contributed by atoms with Gasteiger partial charge in [0.2, 0.25) is 0 Å². The van der Waals surface area contributed by atoms with Gasteiger partial charge in [-0.2, -0.15) is 0 Å². The highest BCUT2D eigenvalue weighted by Crippen LogP contribution is 2.60. The zero-order valence-corrected chi connectivity index (χ0v) is 20.2. The lowest BCUT2D eigenvalue weighted by Gasteiger charge is -2.44. The molecule has 4 N–H and O–H groups in total. The third kappa shape index (κ3) is 5.82. The molecular formula is C27H46O4. The van der Waals surface area contributed by atoms with Crippen LogP contribution in [-0.4, -0.2) is 44.8 Å². The molecule has 0 saturated heterocycles. The molecule has 0 unspecified atom stereocenters. The van der Waals surface area contributed by atoms with Crippen molar-refractivity contribution in [2.45, 2.75) is 110 Å². The van der Waals surface area contributed by atoms with Crippen LogP contribution in [0.4, 0.5) is 0 Å². The van der Waals surface area contributed by atoms with E-state index >= 15 is 0 Å². The zero-order chi connectivity index (χ0) is 22.8. The van der Waals surface area contributed by atoms with Crippen molar-refractivity contribution in [2.75, 3.05) is 6.61 Å². The Morgan fingerprint density at radius 1 is 1.13 bits per heavy atom. The molecule has 3 saturated carbocycles. The van der Waals surface area contributed by atoms with Crippen LogP contribution in [0.3, 0.4) is 0 Å². The van der Waals surface area contributed by atoms with E-state index in [1.807, 2.05) is 13.8 Å². The largest absolute Gasteiger partial charge is 0.396 e. The fraction of sp³-hybridized carbons (Fsp3) is 0.852. The number of hydrogen-bond donors (Lipinski definition) is 4. The van der Waals surface area contributed by atoms with Crippen molar-refractivity contribution >= 4 is 0 Å². The minimum absolute atomic E-state index is 0.160. The highest BCUT2D eigenvalue weighted by atomic mass is 16.3. The molecule has 0 heterocycles. The molecule has 3 aliphatic rings. The van der Waals surface area contributed by atoms with Gasteiger partial charge in [-0.15, -0.1) is 0 Å². The number of rotatable bonds is 7. The first kappa shape index (κ1) is 25.0. The molecule has 0 radical (unpaired) electrons. The van der Waals surface area contributed by atoms with Gasteiger partial charge in [0.05, 0.1) is 24.4 Å². The summed E-state index contributed by atoms with van der Waals surface area (Å²) in [6.45, 7) is 8.59. The fourth-order valence-electron chi connectivity index (χ4n) is 7.06. The van der Waals surface area contributed by atoms with Crippen molar-refractivity contribution in [1.82, 2.24) is 0 Å². The highest BCUT2D eigenvalue weighted by Gasteiger charge is 2.50. The number of aliphatic hydroxyl groups excluding tert-OH is 3. The summed E-state index contributed by atoms with van der Waals surface area (Å²) in [5.74, 6) is 1.66. The normalized spacial score (nSPS) is 38.9. The van der Waals surface area contributed by atoms with E-state index < -0.39 is 23.7 Å². The van der Waals surface area contributed by atoms with Gasteiger partial charge < -0.3 is 20.4 Å². The molecule has 4 nitrogen and oxygen atoms in total. The van der Waals surface area contributed by atoms with Gasteiger partial charge in [-0.1, -0.05) is 50.0 Å². The molecule has 3 aliphatic carbocycles. The Hall–Kier alpha value is -0.680. The van der Waals surface area contributed by atoms with Crippen LogP contribution in [0.25, 0.3) is 0 Å². The monoisotopic (exact) mass is 434 g/mol. The second-order valence-electron chi connectivity index (χ2n) is 11.7. The third-order valence-electron chi connectivity index (χ3n) is 8.85. The van der Waals surface area contributed by atoms with Crippen molar-refractivity contribution in [3.05, 3.63) is 23.3 Å². The van der Waals surface area contributed by atoms with Crippen molar-refractivity contribution in [3.63, 3.8) is 0 Å². The van der Waals surface area contributed by atoms with Crippen molar-refractivity contribution in [3.8, 4) is 0 Å². The van der Waals surface area contributed by atoms with E-state index in [0.717, 1.165) is 30.8 Å². The van der Waals surface area contributed by atoms with E-state index in [1.165, 1.54) is 32.1 Å². The summed E-state index contributed by atoms with van der Waals surface area (Å²) in [4.78, 5) is 0. The first-order valence-electron chi connectivity index (χ1n) is 12.6. The van der Waals surface area contributed by atoms with Crippen LogP contribution in [-0.2, 0) is 0 Å². The van der Waals surface area contributed by atoms with Gasteiger partial charge in [0.25, 0.3) is 0 Å². The molecule has 0 aromatic rings. The van der Waals surface area contributed by atoms with Gasteiger partial charge in [-0.25, -0.2) is 0 Å². The molecule has 178 valence electrons. The maximum Gasteiger partial charge on any atom is 0.0652 e. The van der Waals surface area contributed by atoms with E-state index in [2.05, 4.69) is 26.0 Å². The first-order valence-corrected chi connectivity index (χ1v) is 12.6. The van der Waals surface area contributed by atoms with Crippen LogP contribution < -0.4 is 0 Å². The summed E-state index contributed by atoms with van der Waals surface area (Å²) in [5, 5.41) is 39.9. The van der Waals surface area contributed by atoms with E-state index in [9.17, 15) is 20.4 Å². The second kappa shape index (κ2) is 10.1. The maximum atomic E-state index is 10.3. The molecule has 6 atom stereocenters. The first-order chi connectivity index (χ1) is 14.5. The number of allylic oxidation sites excluding steroid dienone is 3. The van der Waals surface area contributed by atoms with E-state index in [4.69, 9.17) is 0 Å². The molecule has 3 rings (SSSR count). The third-order valence-corrected chi connectivity index (χ3v) is 8.85. The standard InChI is InChI=1S/C27H46O4/c1-18(7-5-13-26(2,3)31)22-11-12-23-20(8-6-14-27(22,23)4)10-9-19-15-24(29)21(17-28)25(30)16-19/h9-10,18,21-25,28-31H,5-8,11-17H2,1-4H3/b19-9?,20-10+/t18-,21?,22+,23-,24+,25+,27+/m0/s1. The summed E-state index contributed by atoms with van der Waals surface area (Å²) < 4.78 is 0. The highest BCUT2D eigenvalue weighted by molar-refractivity contribution is 5.26. The van der Waals surface area contributed by atoms with Gasteiger partial charge >= 0.3 is 0 Å². The van der Waals surface area contributed by atoms with Crippen LogP contribution >= 0.6 is 0 Å². The van der Waals surface area contributed by atoms with Crippen LogP contribution in [0.2, 0.25) is 0 Å². The van der Waals surface area contributed by atoms with Crippen LogP contribution in [0, 0.1) is 29.1 Å². The SMILES string of the molecule is C[C@@H](CCCC(C)(C)O)[C@H]1CC[C@H]2/C(=C/C=C3C[C@@H](O)C(CO)[C@H](O)C3)CCC[C@]12C. The molecule has 0 bridgehead atoms. The van der Waals surface area contributed by atoms with E-state index in [1.54, 1.807) is 5.57 Å². The summed E-state index contributed by atoms with van der Waals surface area (Å²) >= 11 is 0. The van der Waals surface area contributed by atoms with Gasteiger partial charge in [-0.3, -0.25) is 0 Å². The Labute approximate surface area is 189 Å². The predicted octanol–water partition coefficient (Wildman–Crippen LogP) is 4.76. The summed E-state index contributed by atoms with van der Waals surface area (Å²) in [6, 6.07) is 0. The molecular weight excluding hydrogens is 388 g/mol. The second-order valence-corrected chi connectivity index (χ2v) is 11.7. The number of aliphatic hydroxyl groups is 4. The minimum Gasteiger partial charge on any atom is -0.396 e. The Morgan fingerprint density at radius 3 is 2.42 bits per heavy atom. The maximum absolute atomic E-state index is 10.3. The lowest BCUT2D eigenvalue weighted by Crippen LogP contribution is -2.39. The number of fused-ring (bicyclic) bond motifs is 1. The summed E-state index contributed by atoms with van der Waals surface area (Å²) in [7, 11) is 0. The zero-order valence-electron chi connectivity index (χ0n) is 20.2. The van der Waals surface area contributed by atoms with Gasteiger partial charge in [0.1, 0.15) is 0 Å². The Kier molecular flexibility index (Phi) is 8.11. The lowest BCUT2D eigenvalue weighted by molar-refractivity contribution is -0.0312. The van der Waals surface area contributed by atoms with Crippen LogP contribution in [0.15, 0.2) is 23.3 Å². The smallest absolute Gasteiger partial charge is 0.0652 e. The van der Waals surface area contributed by atoms with Crippen LogP contribution in [0.5, 0.6) is 0 Å². The predicted molar refractivity (Wildman–Crippen MR) is 125 cm³/mol. The Morgan fingerprint density at radius 2 is 1.81 bits per heavy atom. The van der Waals surface area contributed by atoms with Crippen LogP contribution in [0.1, 0.15) is 91.9 Å². The van der Waals surface area contributed by atoms with E-state index in [0.29, 0.717) is 30.1 Å². The lowest BCUT2D eigenvalue weighted by atomic mass is 9.60. The average molecular weight is 435 g/mol. The Balaban J connectivity index is 1.66. The average Bonchev–Trinajstić information content (AvgIpc) is 3.02. The molecule has 31 heavy (non-hydrogen) atoms. The molecule has 0 amide bonds. The molecule has 0 spiro atoms. The molecule has 3 fully saturated rings. The fourth-order valence-corrected chi connectivity index (χ4v) is 7.06. The van der Waals surface area contributed by atoms with Crippen molar-refractivity contribution in [2.24, 2.45) is 29.1 Å². The topological polar surface area (TPSA) is 80.9 Å². The molecule has 4 heteroatoms. The van der Waals surface area contributed by atoms with Gasteiger partial charge in [0, 0.05) is 5.92 Å². The molecule has 0 aromatic heterocycles. The Bertz CT molecular complexity index is 647. The molecule has 0 aromatic carbocycles. The quantitative estimate of drug-likeness (QED) is 0.466. The summed E-state index contributed by atoms with van der Waals surface area (Å²) in [5.41, 5.74) is 2.46. The van der Waals surface area contributed by atoms with Crippen molar-refractivity contribution in [1.29, 1.82) is 0 Å². The van der Waals surface area contributed by atoms with Crippen molar-refractivity contribution < 1.29 is 20.4 Å². The summed E-state index contributed by atoms with van der Waals surface area (Å²) in [6.07, 6.45) is 13.7. The van der Waals surface area contributed by atoms with E-state index in [-0.39, 0.29) is 6.61 Å². The number of hydrogen-bond acceptors (Lipinski definition) is 4. The van der Waals surface area contributed by atoms with Gasteiger partial charge in [0.15, 0.2) is 0 Å². The minimum atomic E-state index is -0.657. The van der Waals surface area contributed by atoms with Gasteiger partial charge in [-0.05, 0) is 88.4 Å². The molecule has 0 aliphatic heterocycles.